The third-order valence-corrected chi connectivity index (χ3v) is 5.54. The van der Waals surface area contributed by atoms with Gasteiger partial charge < -0.3 is 9.47 Å². The Morgan fingerprint density at radius 1 is 1.05 bits per heavy atom. The molecule has 0 aromatic heterocycles. The maximum atomic E-state index is 6.01. The lowest BCUT2D eigenvalue weighted by Gasteiger charge is -2.50. The van der Waals surface area contributed by atoms with Gasteiger partial charge in [0.1, 0.15) is 0 Å². The molecular formula is C15H29N3O2. The molecule has 2 unspecified atom stereocenters. The van der Waals surface area contributed by atoms with E-state index in [2.05, 4.69) is 10.3 Å². The van der Waals surface area contributed by atoms with Crippen molar-refractivity contribution in [2.45, 2.75) is 50.1 Å². The number of nitrogens with zero attached hydrogens (tertiary/aromatic N) is 1. The minimum absolute atomic E-state index is 0.226. The summed E-state index contributed by atoms with van der Waals surface area (Å²) >= 11 is 0. The molecule has 0 aromatic carbocycles. The maximum absolute atomic E-state index is 6.01. The van der Waals surface area contributed by atoms with E-state index in [1.165, 1.54) is 38.5 Å². The number of nitrogens with two attached hydrogens (primary N) is 1. The summed E-state index contributed by atoms with van der Waals surface area (Å²) in [4.78, 5) is 2.66. The summed E-state index contributed by atoms with van der Waals surface area (Å²) in [5.41, 5.74) is 3.42. The maximum Gasteiger partial charge on any atom is 0.0594 e. The third-order valence-electron chi connectivity index (χ3n) is 5.54. The van der Waals surface area contributed by atoms with Crippen molar-refractivity contribution in [3.05, 3.63) is 0 Å². The van der Waals surface area contributed by atoms with Crippen molar-refractivity contribution in [1.29, 1.82) is 0 Å². The Morgan fingerprint density at radius 2 is 1.80 bits per heavy atom. The van der Waals surface area contributed by atoms with Crippen LogP contribution < -0.4 is 11.3 Å². The number of hydrogen-bond acceptors (Lipinski definition) is 5. The van der Waals surface area contributed by atoms with Gasteiger partial charge in [-0.05, 0) is 25.7 Å². The number of hydrogen-bond donors (Lipinski definition) is 2. The summed E-state index contributed by atoms with van der Waals surface area (Å²) in [5.74, 6) is 6.56. The van der Waals surface area contributed by atoms with E-state index in [9.17, 15) is 0 Å². The van der Waals surface area contributed by atoms with Crippen LogP contribution in [0.25, 0.3) is 0 Å². The van der Waals surface area contributed by atoms with Gasteiger partial charge in [-0.25, -0.2) is 0 Å². The molecule has 0 aromatic rings. The molecule has 0 radical (unpaired) electrons. The molecule has 2 aliphatic heterocycles. The van der Waals surface area contributed by atoms with Gasteiger partial charge in [0.2, 0.25) is 0 Å². The van der Waals surface area contributed by atoms with Crippen LogP contribution in [0.4, 0.5) is 0 Å². The van der Waals surface area contributed by atoms with E-state index in [0.717, 1.165) is 39.5 Å². The summed E-state index contributed by atoms with van der Waals surface area (Å²) in [6.07, 6.45) is 7.58. The molecule has 5 nitrogen and oxygen atoms in total. The van der Waals surface area contributed by atoms with Crippen LogP contribution in [0.3, 0.4) is 0 Å². The van der Waals surface area contributed by atoms with Gasteiger partial charge in [-0.1, -0.05) is 12.8 Å². The Balaban J connectivity index is 1.79. The van der Waals surface area contributed by atoms with Gasteiger partial charge in [-0.3, -0.25) is 16.2 Å². The van der Waals surface area contributed by atoms with Crippen LogP contribution in [0.15, 0.2) is 0 Å². The van der Waals surface area contributed by atoms with E-state index in [1.807, 2.05) is 0 Å². The molecular weight excluding hydrogens is 254 g/mol. The summed E-state index contributed by atoms with van der Waals surface area (Å²) < 4.78 is 11.3. The molecule has 3 N–H and O–H groups in total. The molecule has 2 heterocycles. The van der Waals surface area contributed by atoms with Crippen molar-refractivity contribution < 1.29 is 9.47 Å². The minimum atomic E-state index is 0.226. The molecule has 0 spiro atoms. The molecule has 1 saturated carbocycles. The highest BCUT2D eigenvalue weighted by Crippen LogP contribution is 2.42. The number of nitrogens with one attached hydrogen (secondary N) is 1. The number of hydrazine groups is 1. The molecule has 5 heteroatoms. The van der Waals surface area contributed by atoms with Crippen LogP contribution in [-0.2, 0) is 9.47 Å². The van der Waals surface area contributed by atoms with E-state index in [0.29, 0.717) is 12.0 Å². The Morgan fingerprint density at radius 3 is 2.40 bits per heavy atom. The van der Waals surface area contributed by atoms with Gasteiger partial charge in [0, 0.05) is 37.2 Å². The van der Waals surface area contributed by atoms with Gasteiger partial charge in [0.15, 0.2) is 0 Å². The highest BCUT2D eigenvalue weighted by molar-refractivity contribution is 5.06. The molecule has 2 saturated heterocycles. The lowest BCUT2D eigenvalue weighted by molar-refractivity contribution is -0.0610. The Bertz CT molecular complexity index is 295. The zero-order valence-corrected chi connectivity index (χ0v) is 12.5. The molecule has 3 aliphatic rings. The molecule has 0 bridgehead atoms. The fourth-order valence-electron chi connectivity index (χ4n) is 4.58. The van der Waals surface area contributed by atoms with Crippen LogP contribution in [0.2, 0.25) is 0 Å². The monoisotopic (exact) mass is 283 g/mol. The fourth-order valence-corrected chi connectivity index (χ4v) is 4.58. The Labute approximate surface area is 122 Å². The van der Waals surface area contributed by atoms with Crippen LogP contribution in [-0.4, -0.2) is 56.0 Å². The molecule has 116 valence electrons. The SMILES string of the molecule is NNC(C1CCCOC1)C1(N2CCOCC2)CCCC1. The normalized spacial score (nSPS) is 33.1. The first-order valence-electron chi connectivity index (χ1n) is 8.23. The molecule has 3 rings (SSSR count). The second-order valence-electron chi connectivity index (χ2n) is 6.53. The zero-order valence-electron chi connectivity index (χ0n) is 12.5. The van der Waals surface area contributed by atoms with E-state index in [-0.39, 0.29) is 5.54 Å². The van der Waals surface area contributed by atoms with Gasteiger partial charge in [-0.2, -0.15) is 0 Å². The lowest BCUT2D eigenvalue weighted by atomic mass is 9.77. The van der Waals surface area contributed by atoms with Crippen molar-refractivity contribution in [3.8, 4) is 0 Å². The van der Waals surface area contributed by atoms with E-state index in [4.69, 9.17) is 15.3 Å². The smallest absolute Gasteiger partial charge is 0.0594 e. The minimum Gasteiger partial charge on any atom is -0.381 e. The Kier molecular flexibility index (Phi) is 4.94. The Hall–Kier alpha value is -0.200. The van der Waals surface area contributed by atoms with Crippen molar-refractivity contribution in [1.82, 2.24) is 10.3 Å². The number of rotatable bonds is 4. The highest BCUT2D eigenvalue weighted by atomic mass is 16.5. The van der Waals surface area contributed by atoms with Crippen molar-refractivity contribution in [2.75, 3.05) is 39.5 Å². The van der Waals surface area contributed by atoms with Crippen LogP contribution in [0.5, 0.6) is 0 Å². The average molecular weight is 283 g/mol. The molecule has 3 fully saturated rings. The fraction of sp³-hybridized carbons (Fsp3) is 1.00. The van der Waals surface area contributed by atoms with E-state index in [1.54, 1.807) is 0 Å². The molecule has 1 aliphatic carbocycles. The first-order valence-corrected chi connectivity index (χ1v) is 8.23. The quantitative estimate of drug-likeness (QED) is 0.593. The lowest BCUT2D eigenvalue weighted by Crippen LogP contribution is -2.66. The number of ether oxygens (including phenoxy) is 2. The van der Waals surface area contributed by atoms with Crippen LogP contribution >= 0.6 is 0 Å². The predicted molar refractivity (Wildman–Crippen MR) is 78.2 cm³/mol. The predicted octanol–water partition coefficient (Wildman–Crippen LogP) is 0.890. The van der Waals surface area contributed by atoms with E-state index >= 15 is 0 Å². The van der Waals surface area contributed by atoms with Crippen molar-refractivity contribution in [2.24, 2.45) is 11.8 Å². The summed E-state index contributed by atoms with van der Waals surface area (Å²) in [6, 6.07) is 0.350. The van der Waals surface area contributed by atoms with Gasteiger partial charge in [-0.15, -0.1) is 0 Å². The largest absolute Gasteiger partial charge is 0.381 e. The third kappa shape index (κ3) is 2.74. The van der Waals surface area contributed by atoms with Gasteiger partial charge >= 0.3 is 0 Å². The van der Waals surface area contributed by atoms with Crippen LogP contribution in [0.1, 0.15) is 38.5 Å². The average Bonchev–Trinajstić information content (AvgIpc) is 3.01. The van der Waals surface area contributed by atoms with Gasteiger partial charge in [0.25, 0.3) is 0 Å². The summed E-state index contributed by atoms with van der Waals surface area (Å²) in [7, 11) is 0. The molecule has 0 amide bonds. The van der Waals surface area contributed by atoms with E-state index < -0.39 is 0 Å². The van der Waals surface area contributed by atoms with Gasteiger partial charge in [0.05, 0.1) is 19.8 Å². The van der Waals surface area contributed by atoms with Crippen molar-refractivity contribution in [3.63, 3.8) is 0 Å². The first-order chi connectivity index (χ1) is 9.87. The second-order valence-corrected chi connectivity index (χ2v) is 6.53. The summed E-state index contributed by atoms with van der Waals surface area (Å²) in [6.45, 7) is 5.59. The molecule has 20 heavy (non-hydrogen) atoms. The first kappa shape index (κ1) is 14.7. The summed E-state index contributed by atoms with van der Waals surface area (Å²) in [5, 5.41) is 0. The second kappa shape index (κ2) is 6.71. The highest BCUT2D eigenvalue weighted by Gasteiger charge is 2.48. The molecule has 2 atom stereocenters. The number of morpholine rings is 1. The van der Waals surface area contributed by atoms with Crippen molar-refractivity contribution >= 4 is 0 Å². The van der Waals surface area contributed by atoms with Crippen LogP contribution in [0, 0.1) is 5.92 Å². The standard InChI is InChI=1S/C15H29N3O2/c16-17-14(13-4-3-9-20-12-13)15(5-1-2-6-15)18-7-10-19-11-8-18/h13-14,17H,1-12,16H2. The topological polar surface area (TPSA) is 59.8 Å². The zero-order chi connectivity index (χ0) is 13.8.